The summed E-state index contributed by atoms with van der Waals surface area (Å²) in [5, 5.41) is 0. The van der Waals surface area contributed by atoms with Crippen LogP contribution in [0.4, 0.5) is 13.2 Å². The molecule has 4 nitrogen and oxygen atoms in total. The molecule has 9 heteroatoms. The van der Waals surface area contributed by atoms with Crippen LogP contribution in [0.25, 0.3) is 0 Å². The van der Waals surface area contributed by atoms with Crippen molar-refractivity contribution in [3.05, 3.63) is 29.8 Å². The number of benzene rings is 1. The van der Waals surface area contributed by atoms with E-state index >= 15 is 0 Å². The fraction of sp³-hybridized carbons (Fsp3) is 0.647. The molecule has 2 aliphatic heterocycles. The highest BCUT2D eigenvalue weighted by molar-refractivity contribution is 7.99. The van der Waals surface area contributed by atoms with E-state index in [1.165, 1.54) is 17.9 Å². The number of rotatable bonds is 5. The van der Waals surface area contributed by atoms with E-state index in [-0.39, 0.29) is 10.8 Å². The molecular formula is C17H23F3N2O2S2. The van der Waals surface area contributed by atoms with Crippen LogP contribution in [0.3, 0.4) is 0 Å². The Morgan fingerprint density at radius 3 is 2.31 bits per heavy atom. The van der Waals surface area contributed by atoms with Gasteiger partial charge in [-0.2, -0.15) is 24.9 Å². The molecule has 146 valence electrons. The monoisotopic (exact) mass is 408 g/mol. The Labute approximate surface area is 156 Å². The first kappa shape index (κ1) is 20.0. The van der Waals surface area contributed by atoms with E-state index in [2.05, 4.69) is 9.62 Å². The first-order valence-electron chi connectivity index (χ1n) is 8.74. The van der Waals surface area contributed by atoms with Gasteiger partial charge in [0.2, 0.25) is 10.0 Å². The van der Waals surface area contributed by atoms with Crippen LogP contribution < -0.4 is 4.72 Å². The van der Waals surface area contributed by atoms with Crippen molar-refractivity contribution in [2.45, 2.75) is 36.4 Å². The summed E-state index contributed by atoms with van der Waals surface area (Å²) in [6, 6.07) is 4.26. The quantitative estimate of drug-likeness (QED) is 0.813. The van der Waals surface area contributed by atoms with Gasteiger partial charge >= 0.3 is 6.18 Å². The Kier molecular flexibility index (Phi) is 6.21. The summed E-state index contributed by atoms with van der Waals surface area (Å²) in [5.41, 5.74) is -0.853. The highest BCUT2D eigenvalue weighted by Gasteiger charge is 2.31. The van der Waals surface area contributed by atoms with Gasteiger partial charge in [0.25, 0.3) is 0 Å². The molecule has 1 atom stereocenters. The van der Waals surface area contributed by atoms with E-state index in [9.17, 15) is 21.6 Å². The average Bonchev–Trinajstić information content (AvgIpc) is 3.14. The Hall–Kier alpha value is -0.770. The molecule has 1 aromatic rings. The standard InChI is InChI=1S/C17H23F3N2O2S2/c18-17(19,20)14-1-3-16(4-2-14)26(23,24)21-11-13-5-8-22(9-6-13)15-7-10-25-12-15/h1-4,13,15,21H,5-12H2/t15-/m0/s1. The minimum Gasteiger partial charge on any atom is -0.300 e. The van der Waals surface area contributed by atoms with Crippen LogP contribution in [0.15, 0.2) is 29.2 Å². The molecule has 0 bridgehead atoms. The zero-order chi connectivity index (χ0) is 18.8. The topological polar surface area (TPSA) is 49.4 Å². The largest absolute Gasteiger partial charge is 0.416 e. The van der Waals surface area contributed by atoms with Gasteiger partial charge in [-0.3, -0.25) is 4.90 Å². The maximum Gasteiger partial charge on any atom is 0.416 e. The molecule has 2 saturated heterocycles. The summed E-state index contributed by atoms with van der Waals surface area (Å²) in [7, 11) is -3.79. The van der Waals surface area contributed by atoms with Gasteiger partial charge in [-0.25, -0.2) is 13.1 Å². The Bertz CT molecular complexity index is 694. The average molecular weight is 409 g/mol. The molecule has 2 heterocycles. The Morgan fingerprint density at radius 2 is 1.77 bits per heavy atom. The first-order chi connectivity index (χ1) is 12.3. The molecular weight excluding hydrogens is 385 g/mol. The van der Waals surface area contributed by atoms with Gasteiger partial charge in [0, 0.05) is 18.3 Å². The highest BCUT2D eigenvalue weighted by atomic mass is 32.2. The molecule has 2 aliphatic rings. The van der Waals surface area contributed by atoms with E-state index in [1.807, 2.05) is 11.8 Å². The van der Waals surface area contributed by atoms with Crippen molar-refractivity contribution in [3.63, 3.8) is 0 Å². The predicted octanol–water partition coefficient (Wildman–Crippen LogP) is 3.20. The van der Waals surface area contributed by atoms with Crippen molar-refractivity contribution in [3.8, 4) is 0 Å². The van der Waals surface area contributed by atoms with Crippen molar-refractivity contribution >= 4 is 21.8 Å². The van der Waals surface area contributed by atoms with Crippen molar-refractivity contribution in [2.24, 2.45) is 5.92 Å². The van der Waals surface area contributed by atoms with Gasteiger partial charge in [-0.1, -0.05) is 0 Å². The fourth-order valence-corrected chi connectivity index (χ4v) is 5.84. The smallest absolute Gasteiger partial charge is 0.300 e. The van der Waals surface area contributed by atoms with Crippen molar-refractivity contribution in [2.75, 3.05) is 31.1 Å². The van der Waals surface area contributed by atoms with E-state index in [0.29, 0.717) is 12.6 Å². The van der Waals surface area contributed by atoms with Gasteiger partial charge in [0.15, 0.2) is 0 Å². The van der Waals surface area contributed by atoms with E-state index in [1.54, 1.807) is 0 Å². The number of thioether (sulfide) groups is 1. The van der Waals surface area contributed by atoms with Crippen LogP contribution in [-0.2, 0) is 16.2 Å². The van der Waals surface area contributed by atoms with E-state index in [0.717, 1.165) is 50.2 Å². The molecule has 26 heavy (non-hydrogen) atoms. The lowest BCUT2D eigenvalue weighted by atomic mass is 9.96. The molecule has 3 rings (SSSR count). The van der Waals surface area contributed by atoms with Crippen molar-refractivity contribution in [1.82, 2.24) is 9.62 Å². The highest BCUT2D eigenvalue weighted by Crippen LogP contribution is 2.30. The molecule has 0 spiro atoms. The molecule has 0 aliphatic carbocycles. The number of hydrogen-bond donors (Lipinski definition) is 1. The maximum atomic E-state index is 12.6. The fourth-order valence-electron chi connectivity index (χ4n) is 3.47. The lowest BCUT2D eigenvalue weighted by Gasteiger charge is -2.35. The molecule has 0 amide bonds. The molecule has 0 radical (unpaired) electrons. The summed E-state index contributed by atoms with van der Waals surface area (Å²) in [6.07, 6.45) is -1.36. The van der Waals surface area contributed by atoms with E-state index < -0.39 is 21.8 Å². The van der Waals surface area contributed by atoms with Crippen LogP contribution in [0.1, 0.15) is 24.8 Å². The van der Waals surface area contributed by atoms with Crippen LogP contribution in [0, 0.1) is 5.92 Å². The number of piperidine rings is 1. The minimum atomic E-state index is -4.47. The van der Waals surface area contributed by atoms with Gasteiger partial charge in [0.1, 0.15) is 0 Å². The summed E-state index contributed by atoms with van der Waals surface area (Å²) in [6.45, 7) is 2.30. The molecule has 0 unspecified atom stereocenters. The predicted molar refractivity (Wildman–Crippen MR) is 96.7 cm³/mol. The van der Waals surface area contributed by atoms with Gasteiger partial charge in [-0.15, -0.1) is 0 Å². The Balaban J connectivity index is 1.51. The zero-order valence-electron chi connectivity index (χ0n) is 14.3. The first-order valence-corrected chi connectivity index (χ1v) is 11.4. The second-order valence-electron chi connectivity index (χ2n) is 6.87. The summed E-state index contributed by atoms with van der Waals surface area (Å²) in [4.78, 5) is 2.37. The lowest BCUT2D eigenvalue weighted by Crippen LogP contribution is -2.43. The normalized spacial score (nSPS) is 23.4. The van der Waals surface area contributed by atoms with Gasteiger partial charge in [-0.05, 0) is 68.3 Å². The van der Waals surface area contributed by atoms with Crippen LogP contribution in [0.2, 0.25) is 0 Å². The van der Waals surface area contributed by atoms with Crippen LogP contribution in [0.5, 0.6) is 0 Å². The molecule has 2 fully saturated rings. The lowest BCUT2D eigenvalue weighted by molar-refractivity contribution is -0.137. The maximum absolute atomic E-state index is 12.6. The zero-order valence-corrected chi connectivity index (χ0v) is 16.0. The Morgan fingerprint density at radius 1 is 1.12 bits per heavy atom. The number of hydrogen-bond acceptors (Lipinski definition) is 4. The van der Waals surface area contributed by atoms with Crippen LogP contribution >= 0.6 is 11.8 Å². The minimum absolute atomic E-state index is 0.133. The van der Waals surface area contributed by atoms with Crippen LogP contribution in [-0.4, -0.2) is 50.5 Å². The molecule has 0 aromatic heterocycles. The summed E-state index contributed by atoms with van der Waals surface area (Å²) in [5.74, 6) is 2.67. The molecule has 1 aromatic carbocycles. The second-order valence-corrected chi connectivity index (χ2v) is 9.79. The third-order valence-corrected chi connectivity index (χ3v) is 7.71. The van der Waals surface area contributed by atoms with E-state index in [4.69, 9.17) is 0 Å². The van der Waals surface area contributed by atoms with Crippen molar-refractivity contribution in [1.29, 1.82) is 0 Å². The summed E-state index contributed by atoms with van der Waals surface area (Å²) < 4.78 is 64.9. The SMILES string of the molecule is O=S(=O)(NCC1CCN([C@H]2CCSC2)CC1)c1ccc(C(F)(F)F)cc1. The number of sulfonamides is 1. The third-order valence-electron chi connectivity index (χ3n) is 5.13. The second kappa shape index (κ2) is 8.08. The third kappa shape index (κ3) is 4.94. The summed E-state index contributed by atoms with van der Waals surface area (Å²) >= 11 is 1.99. The number of nitrogens with zero attached hydrogens (tertiary/aromatic N) is 1. The number of halogens is 3. The molecule has 0 saturated carbocycles. The van der Waals surface area contributed by atoms with Gasteiger partial charge in [0.05, 0.1) is 10.5 Å². The number of nitrogens with one attached hydrogen (secondary N) is 1. The molecule has 1 N–H and O–H groups in total. The van der Waals surface area contributed by atoms with Crippen molar-refractivity contribution < 1.29 is 21.6 Å². The number of alkyl halides is 3. The number of likely N-dealkylation sites (tertiary alicyclic amines) is 1. The van der Waals surface area contributed by atoms with Gasteiger partial charge < -0.3 is 0 Å².